The minimum absolute atomic E-state index is 0.101. The monoisotopic (exact) mass is 287 g/mol. The molecular weight excluding hydrogens is 270 g/mol. The first-order valence-electron chi connectivity index (χ1n) is 6.47. The molecule has 5 nitrogen and oxygen atoms in total. The highest BCUT2D eigenvalue weighted by atomic mass is 16.5. The summed E-state index contributed by atoms with van der Waals surface area (Å²) in [7, 11) is 1.59. The summed E-state index contributed by atoms with van der Waals surface area (Å²) >= 11 is 0. The van der Waals surface area contributed by atoms with Crippen LogP contribution in [0.1, 0.15) is 18.0 Å². The van der Waals surface area contributed by atoms with Gasteiger partial charge in [0.1, 0.15) is 17.2 Å². The smallest absolute Gasteiger partial charge is 0.305 e. The molecule has 0 unspecified atom stereocenters. The number of methoxy groups -OCH3 is 1. The fraction of sp³-hybridized carbons (Fsp3) is 0.188. The molecule has 2 aromatic carbocycles. The number of carboxylic acids is 1. The van der Waals surface area contributed by atoms with Gasteiger partial charge in [0.15, 0.2) is 0 Å². The molecule has 3 N–H and O–H groups in total. The fourth-order valence-corrected chi connectivity index (χ4v) is 1.89. The van der Waals surface area contributed by atoms with Crippen LogP contribution in [0.5, 0.6) is 17.2 Å². The summed E-state index contributed by atoms with van der Waals surface area (Å²) in [6, 6.07) is 13.8. The number of carboxylic acid groups (broad SMARTS) is 1. The van der Waals surface area contributed by atoms with E-state index < -0.39 is 12.0 Å². The molecule has 0 aliphatic carbocycles. The summed E-state index contributed by atoms with van der Waals surface area (Å²) in [5, 5.41) is 8.73. The van der Waals surface area contributed by atoms with Crippen LogP contribution in [0.25, 0.3) is 0 Å². The van der Waals surface area contributed by atoms with E-state index in [1.54, 1.807) is 37.4 Å². The normalized spacial score (nSPS) is 11.7. The molecule has 2 rings (SSSR count). The first kappa shape index (κ1) is 14.9. The molecule has 5 heteroatoms. The van der Waals surface area contributed by atoms with Crippen molar-refractivity contribution in [3.63, 3.8) is 0 Å². The lowest BCUT2D eigenvalue weighted by Crippen LogP contribution is -2.14. The lowest BCUT2D eigenvalue weighted by molar-refractivity contribution is -0.137. The average Bonchev–Trinajstić information content (AvgIpc) is 2.47. The van der Waals surface area contributed by atoms with E-state index in [9.17, 15) is 4.79 Å². The molecule has 0 aliphatic heterocycles. The van der Waals surface area contributed by atoms with Crippen LogP contribution in [0, 0.1) is 0 Å². The van der Waals surface area contributed by atoms with Crippen LogP contribution < -0.4 is 15.2 Å². The zero-order valence-corrected chi connectivity index (χ0v) is 11.7. The summed E-state index contributed by atoms with van der Waals surface area (Å²) < 4.78 is 10.8. The quantitative estimate of drug-likeness (QED) is 0.853. The fourth-order valence-electron chi connectivity index (χ4n) is 1.89. The van der Waals surface area contributed by atoms with Gasteiger partial charge in [-0.25, -0.2) is 0 Å². The number of rotatable bonds is 6. The molecule has 0 heterocycles. The van der Waals surface area contributed by atoms with Gasteiger partial charge in [-0.1, -0.05) is 18.2 Å². The number of nitrogens with two attached hydrogens (primary N) is 1. The third-order valence-corrected chi connectivity index (χ3v) is 2.98. The van der Waals surface area contributed by atoms with Crippen molar-refractivity contribution < 1.29 is 19.4 Å². The molecule has 0 amide bonds. The number of carbonyl (C=O) groups is 1. The van der Waals surface area contributed by atoms with Crippen LogP contribution in [-0.4, -0.2) is 18.2 Å². The van der Waals surface area contributed by atoms with Gasteiger partial charge >= 0.3 is 5.97 Å². The molecule has 2 aromatic rings. The van der Waals surface area contributed by atoms with Crippen LogP contribution in [0.2, 0.25) is 0 Å². The number of hydrogen-bond donors (Lipinski definition) is 2. The molecule has 0 aliphatic rings. The predicted molar refractivity (Wildman–Crippen MR) is 78.7 cm³/mol. The molecule has 0 fully saturated rings. The third-order valence-electron chi connectivity index (χ3n) is 2.98. The van der Waals surface area contributed by atoms with Gasteiger partial charge in [0.2, 0.25) is 0 Å². The molecule has 0 spiro atoms. The highest BCUT2D eigenvalue weighted by Gasteiger charge is 2.10. The second-order valence-corrected chi connectivity index (χ2v) is 4.55. The van der Waals surface area contributed by atoms with Crippen LogP contribution >= 0.6 is 0 Å². The number of aliphatic carboxylic acids is 1. The van der Waals surface area contributed by atoms with Crippen LogP contribution in [0.15, 0.2) is 48.5 Å². The van der Waals surface area contributed by atoms with E-state index in [2.05, 4.69) is 0 Å². The molecular formula is C16H17NO4. The van der Waals surface area contributed by atoms with E-state index in [-0.39, 0.29) is 6.42 Å². The van der Waals surface area contributed by atoms with Crippen molar-refractivity contribution in [1.82, 2.24) is 0 Å². The Labute approximate surface area is 122 Å². The van der Waals surface area contributed by atoms with Crippen molar-refractivity contribution in [2.45, 2.75) is 12.5 Å². The zero-order valence-electron chi connectivity index (χ0n) is 11.7. The third kappa shape index (κ3) is 4.22. The minimum atomic E-state index is -0.917. The Morgan fingerprint density at radius 3 is 2.43 bits per heavy atom. The van der Waals surface area contributed by atoms with Gasteiger partial charge in [-0.3, -0.25) is 4.79 Å². The average molecular weight is 287 g/mol. The molecule has 0 aromatic heterocycles. The van der Waals surface area contributed by atoms with E-state index in [0.29, 0.717) is 17.2 Å². The lowest BCUT2D eigenvalue weighted by atomic mass is 10.0. The molecule has 0 saturated heterocycles. The highest BCUT2D eigenvalue weighted by Crippen LogP contribution is 2.26. The van der Waals surface area contributed by atoms with Gasteiger partial charge in [-0.05, 0) is 29.8 Å². The van der Waals surface area contributed by atoms with Crippen molar-refractivity contribution in [3.8, 4) is 17.2 Å². The molecule has 0 saturated carbocycles. The van der Waals surface area contributed by atoms with Crippen molar-refractivity contribution in [2.24, 2.45) is 5.73 Å². The second-order valence-electron chi connectivity index (χ2n) is 4.55. The SMILES string of the molecule is COc1cccc(Oc2ccc([C@@H](N)CC(=O)O)cc2)c1. The first-order valence-corrected chi connectivity index (χ1v) is 6.47. The molecule has 1 atom stereocenters. The number of ether oxygens (including phenoxy) is 2. The summed E-state index contributed by atoms with van der Waals surface area (Å²) in [6.45, 7) is 0. The van der Waals surface area contributed by atoms with E-state index in [1.165, 1.54) is 0 Å². The predicted octanol–water partition coefficient (Wildman–Crippen LogP) is 2.96. The van der Waals surface area contributed by atoms with Gasteiger partial charge in [-0.15, -0.1) is 0 Å². The van der Waals surface area contributed by atoms with Crippen LogP contribution in [0.4, 0.5) is 0 Å². The molecule has 110 valence electrons. The Bertz CT molecular complexity index is 610. The van der Waals surface area contributed by atoms with Crippen LogP contribution in [0.3, 0.4) is 0 Å². The van der Waals surface area contributed by atoms with E-state index >= 15 is 0 Å². The molecule has 0 bridgehead atoms. The first-order chi connectivity index (χ1) is 10.1. The summed E-state index contributed by atoms with van der Waals surface area (Å²) in [4.78, 5) is 10.6. The Morgan fingerprint density at radius 1 is 1.14 bits per heavy atom. The summed E-state index contributed by atoms with van der Waals surface area (Å²) in [5.74, 6) is 1.11. The van der Waals surface area contributed by atoms with Gasteiger partial charge in [0.05, 0.1) is 13.5 Å². The van der Waals surface area contributed by atoms with Gasteiger partial charge in [-0.2, -0.15) is 0 Å². The Hall–Kier alpha value is -2.53. The van der Waals surface area contributed by atoms with E-state index in [1.807, 2.05) is 18.2 Å². The Morgan fingerprint density at radius 2 is 1.81 bits per heavy atom. The van der Waals surface area contributed by atoms with Crippen LogP contribution in [-0.2, 0) is 4.79 Å². The summed E-state index contributed by atoms with van der Waals surface area (Å²) in [5.41, 5.74) is 6.56. The van der Waals surface area contributed by atoms with Gasteiger partial charge < -0.3 is 20.3 Å². The standard InChI is InChI=1S/C16H17NO4/c1-20-13-3-2-4-14(9-13)21-12-7-5-11(6-8-12)15(17)10-16(18)19/h2-9,15H,10,17H2,1H3,(H,18,19)/t15-/m0/s1. The van der Waals surface area contributed by atoms with E-state index in [0.717, 1.165) is 5.56 Å². The van der Waals surface area contributed by atoms with Crippen molar-refractivity contribution in [1.29, 1.82) is 0 Å². The van der Waals surface area contributed by atoms with Gasteiger partial charge in [0, 0.05) is 12.1 Å². The van der Waals surface area contributed by atoms with Gasteiger partial charge in [0.25, 0.3) is 0 Å². The molecule has 0 radical (unpaired) electrons. The zero-order chi connectivity index (χ0) is 15.2. The number of hydrogen-bond acceptors (Lipinski definition) is 4. The Balaban J connectivity index is 2.06. The maximum absolute atomic E-state index is 10.6. The summed E-state index contributed by atoms with van der Waals surface area (Å²) in [6.07, 6.45) is -0.101. The van der Waals surface area contributed by atoms with Crippen molar-refractivity contribution >= 4 is 5.97 Å². The highest BCUT2D eigenvalue weighted by molar-refractivity contribution is 5.67. The van der Waals surface area contributed by atoms with Crippen molar-refractivity contribution in [3.05, 3.63) is 54.1 Å². The largest absolute Gasteiger partial charge is 0.497 e. The lowest BCUT2D eigenvalue weighted by Gasteiger charge is -2.11. The second kappa shape index (κ2) is 6.76. The Kier molecular flexibility index (Phi) is 4.79. The topological polar surface area (TPSA) is 81.8 Å². The maximum atomic E-state index is 10.6. The minimum Gasteiger partial charge on any atom is -0.497 e. The molecule has 21 heavy (non-hydrogen) atoms. The number of benzene rings is 2. The van der Waals surface area contributed by atoms with Crippen molar-refractivity contribution in [2.75, 3.05) is 7.11 Å². The van der Waals surface area contributed by atoms with E-state index in [4.69, 9.17) is 20.3 Å². The maximum Gasteiger partial charge on any atom is 0.305 e.